The summed E-state index contributed by atoms with van der Waals surface area (Å²) in [7, 11) is 1.68. The van der Waals surface area contributed by atoms with Gasteiger partial charge in [-0.15, -0.1) is 35.5 Å². The lowest BCUT2D eigenvalue weighted by Gasteiger charge is -2.23. The fourth-order valence-corrected chi connectivity index (χ4v) is 3.63. The maximum atomic E-state index is 12.0. The Labute approximate surface area is 184 Å². The van der Waals surface area contributed by atoms with Gasteiger partial charge in [0.25, 0.3) is 0 Å². The van der Waals surface area contributed by atoms with Crippen LogP contribution < -0.4 is 9.80 Å². The molecule has 1 amide bonds. The van der Waals surface area contributed by atoms with Gasteiger partial charge >= 0.3 is 5.97 Å². The molecule has 0 aliphatic rings. The summed E-state index contributed by atoms with van der Waals surface area (Å²) in [6.45, 7) is 3.65. The molecular formula is C20H19N5O3S2. The zero-order valence-corrected chi connectivity index (χ0v) is 17.8. The number of anilines is 3. The number of carbonyl (C=O) groups excluding carboxylic acids is 1. The van der Waals surface area contributed by atoms with E-state index in [9.17, 15) is 9.59 Å². The summed E-state index contributed by atoms with van der Waals surface area (Å²) in [5.41, 5.74) is 3.30. The number of nitrogens with zero attached hydrogens (tertiary/aromatic N) is 5. The van der Waals surface area contributed by atoms with Crippen LogP contribution in [0.1, 0.15) is 5.56 Å². The first-order valence-corrected chi connectivity index (χ1v) is 9.63. The Morgan fingerprint density at radius 1 is 1.17 bits per heavy atom. The van der Waals surface area contributed by atoms with Crippen LogP contribution in [0.5, 0.6) is 0 Å². The third-order valence-electron chi connectivity index (χ3n) is 4.39. The van der Waals surface area contributed by atoms with E-state index in [1.165, 1.54) is 4.90 Å². The number of benzene rings is 2. The van der Waals surface area contributed by atoms with E-state index in [4.69, 9.17) is 5.11 Å². The lowest BCUT2D eigenvalue weighted by Crippen LogP contribution is -2.25. The number of hydrogen-bond acceptors (Lipinski definition) is 7. The van der Waals surface area contributed by atoms with Crippen molar-refractivity contribution in [1.29, 1.82) is 0 Å². The van der Waals surface area contributed by atoms with Crippen molar-refractivity contribution in [3.63, 3.8) is 0 Å². The number of rotatable bonds is 8. The molecule has 0 atom stereocenters. The highest BCUT2D eigenvalue weighted by molar-refractivity contribution is 7.80. The summed E-state index contributed by atoms with van der Waals surface area (Å²) in [4.78, 5) is 26.0. The topological polar surface area (TPSA) is 91.6 Å². The van der Waals surface area contributed by atoms with Gasteiger partial charge in [0.2, 0.25) is 6.41 Å². The number of aliphatic carboxylic acids is 1. The predicted molar refractivity (Wildman–Crippen MR) is 122 cm³/mol. The third-order valence-corrected chi connectivity index (χ3v) is 4.97. The van der Waals surface area contributed by atoms with Crippen LogP contribution >= 0.6 is 25.3 Å². The van der Waals surface area contributed by atoms with Crippen LogP contribution in [0.3, 0.4) is 0 Å². The molecule has 30 heavy (non-hydrogen) atoms. The Hall–Kier alpha value is -3.24. The molecule has 1 N–H and O–H groups in total. The average molecular weight is 442 g/mol. The van der Waals surface area contributed by atoms with Gasteiger partial charge < -0.3 is 10.0 Å². The zero-order valence-electron chi connectivity index (χ0n) is 16.0. The predicted octanol–water partition coefficient (Wildman–Crippen LogP) is 3.30. The molecule has 0 radical (unpaired) electrons. The number of carboxylic acid groups (broad SMARTS) is 1. The van der Waals surface area contributed by atoms with Crippen LogP contribution in [0, 0.1) is 0 Å². The van der Waals surface area contributed by atoms with Crippen LogP contribution in [0.2, 0.25) is 0 Å². The average Bonchev–Trinajstić information content (AvgIpc) is 3.06. The van der Waals surface area contributed by atoms with Gasteiger partial charge in [0.15, 0.2) is 10.3 Å². The number of carbonyl (C=O) groups is 2. The lowest BCUT2D eigenvalue weighted by molar-refractivity contribution is -0.135. The van der Waals surface area contributed by atoms with E-state index < -0.39 is 5.97 Å². The number of hydrogen-bond donors (Lipinski definition) is 3. The summed E-state index contributed by atoms with van der Waals surface area (Å²) in [5.74, 6) is -0.941. The molecule has 0 saturated heterocycles. The Kier molecular flexibility index (Phi) is 6.48. The minimum absolute atomic E-state index is 0.156. The van der Waals surface area contributed by atoms with Gasteiger partial charge in [0.05, 0.1) is 11.4 Å². The van der Waals surface area contributed by atoms with Crippen molar-refractivity contribution in [2.75, 3.05) is 23.4 Å². The summed E-state index contributed by atoms with van der Waals surface area (Å²) >= 11 is 8.58. The van der Waals surface area contributed by atoms with Gasteiger partial charge in [0.1, 0.15) is 6.54 Å². The molecule has 0 aliphatic heterocycles. The number of carboxylic acids is 1. The molecule has 0 bridgehead atoms. The van der Waals surface area contributed by atoms with Gasteiger partial charge in [-0.3, -0.25) is 19.1 Å². The third kappa shape index (κ3) is 4.34. The smallest absolute Gasteiger partial charge is 0.323 e. The van der Waals surface area contributed by atoms with Crippen molar-refractivity contribution in [2.24, 2.45) is 0 Å². The van der Waals surface area contributed by atoms with Gasteiger partial charge in [-0.05, 0) is 42.0 Å². The molecular weight excluding hydrogens is 422 g/mol. The summed E-state index contributed by atoms with van der Waals surface area (Å²) in [5, 5.41) is 17.5. The lowest BCUT2D eigenvalue weighted by atomic mass is 10.1. The van der Waals surface area contributed by atoms with Crippen LogP contribution in [0.25, 0.3) is 11.8 Å². The zero-order chi connectivity index (χ0) is 21.8. The van der Waals surface area contributed by atoms with Crippen molar-refractivity contribution in [3.05, 3.63) is 54.6 Å². The first-order valence-electron chi connectivity index (χ1n) is 8.73. The summed E-state index contributed by atoms with van der Waals surface area (Å²) < 4.78 is 1.64. The molecule has 1 aromatic heterocycles. The fourth-order valence-electron chi connectivity index (χ4n) is 3.04. The van der Waals surface area contributed by atoms with E-state index in [1.54, 1.807) is 59.0 Å². The van der Waals surface area contributed by atoms with E-state index in [-0.39, 0.29) is 6.54 Å². The maximum absolute atomic E-state index is 12.0. The molecule has 0 aliphatic carbocycles. The van der Waals surface area contributed by atoms with Crippen molar-refractivity contribution >= 4 is 60.8 Å². The molecule has 10 heteroatoms. The minimum Gasteiger partial charge on any atom is -0.480 e. The molecule has 0 fully saturated rings. The van der Waals surface area contributed by atoms with Crippen molar-refractivity contribution in [2.45, 2.75) is 10.3 Å². The van der Waals surface area contributed by atoms with Gasteiger partial charge in [-0.2, -0.15) is 0 Å². The molecule has 1 heterocycles. The molecule has 0 spiro atoms. The first-order chi connectivity index (χ1) is 14.3. The van der Waals surface area contributed by atoms with E-state index in [0.717, 1.165) is 0 Å². The van der Waals surface area contributed by atoms with E-state index in [1.807, 2.05) is 6.07 Å². The van der Waals surface area contributed by atoms with Gasteiger partial charge in [-0.25, -0.2) is 0 Å². The van der Waals surface area contributed by atoms with E-state index >= 15 is 0 Å². The number of likely N-dealkylation sites (N-methyl/N-ethyl adjacent to an activating group) is 1. The Morgan fingerprint density at radius 2 is 1.83 bits per heavy atom. The molecule has 3 aromatic rings. The standard InChI is InChI=1S/C20H19N5O3S2/c1-3-13-9-15(7-8-17(13)23(2)11-18(27)28)24(12-26)14-5-4-6-16(10-14)25-19(29)21-22-20(25)30/h3-10,12H,1,11H2,2H3,(H,21,29)(H,22,30)(H,27,28). The highest BCUT2D eigenvalue weighted by Gasteiger charge is 2.15. The molecule has 8 nitrogen and oxygen atoms in total. The summed E-state index contributed by atoms with van der Waals surface area (Å²) in [6.07, 6.45) is 2.32. The van der Waals surface area contributed by atoms with Gasteiger partial charge in [-0.1, -0.05) is 18.7 Å². The van der Waals surface area contributed by atoms with Crippen molar-refractivity contribution < 1.29 is 14.7 Å². The highest BCUT2D eigenvalue weighted by atomic mass is 32.1. The van der Waals surface area contributed by atoms with Gasteiger partial charge in [0, 0.05) is 18.4 Å². The summed E-state index contributed by atoms with van der Waals surface area (Å²) in [6, 6.07) is 12.5. The Balaban J connectivity index is 2.01. The van der Waals surface area contributed by atoms with Crippen molar-refractivity contribution in [1.82, 2.24) is 14.8 Å². The second-order valence-electron chi connectivity index (χ2n) is 6.33. The molecule has 0 saturated carbocycles. The van der Waals surface area contributed by atoms with Crippen LogP contribution in [-0.4, -0.2) is 45.8 Å². The molecule has 0 unspecified atom stereocenters. The number of amides is 1. The van der Waals surface area contributed by atoms with Crippen LogP contribution in [0.4, 0.5) is 17.1 Å². The van der Waals surface area contributed by atoms with Crippen LogP contribution in [0.15, 0.2) is 59.4 Å². The van der Waals surface area contributed by atoms with Crippen LogP contribution in [-0.2, 0) is 9.59 Å². The maximum Gasteiger partial charge on any atom is 0.323 e. The van der Waals surface area contributed by atoms with E-state index in [0.29, 0.717) is 45.0 Å². The second kappa shape index (κ2) is 9.06. The Morgan fingerprint density at radius 3 is 2.43 bits per heavy atom. The molecule has 3 rings (SSSR count). The largest absolute Gasteiger partial charge is 0.480 e. The Bertz CT molecular complexity index is 1100. The monoisotopic (exact) mass is 441 g/mol. The molecule has 154 valence electrons. The second-order valence-corrected chi connectivity index (χ2v) is 7.13. The highest BCUT2D eigenvalue weighted by Crippen LogP contribution is 2.31. The normalized spacial score (nSPS) is 10.5. The number of thiol groups is 2. The quantitative estimate of drug-likeness (QED) is 0.367. The molecule has 2 aromatic carbocycles. The first kappa shape index (κ1) is 21.5. The minimum atomic E-state index is -0.941. The fraction of sp³-hybridized carbons (Fsp3) is 0.100. The van der Waals surface area contributed by atoms with E-state index in [2.05, 4.69) is 42.0 Å². The van der Waals surface area contributed by atoms with Crippen molar-refractivity contribution in [3.8, 4) is 5.69 Å². The SMILES string of the molecule is C=Cc1cc(N(C=O)c2cccc(-n3c(S)nnc3S)c2)ccc1N(C)CC(=O)O. The number of aromatic nitrogens is 3.